The van der Waals surface area contributed by atoms with E-state index >= 15 is 0 Å². The fourth-order valence-corrected chi connectivity index (χ4v) is 3.21. The van der Waals surface area contributed by atoms with Crippen LogP contribution in [0.15, 0.2) is 60.7 Å². The molecule has 0 saturated heterocycles. The molecule has 0 radical (unpaired) electrons. The normalized spacial score (nSPS) is 10.7. The summed E-state index contributed by atoms with van der Waals surface area (Å²) in [5.74, 6) is 0. The highest BCUT2D eigenvalue weighted by atomic mass is 32.1. The largest absolute Gasteiger partial charge is 0.325 e. The summed E-state index contributed by atoms with van der Waals surface area (Å²) in [5, 5.41) is 0.995. The van der Waals surface area contributed by atoms with E-state index in [-0.39, 0.29) is 0 Å². The topological polar surface area (TPSA) is 38.9 Å². The SMILES string of the molecule is NCc1nc(-c2ccccc2)c(Cc2ccccc2)s1. The van der Waals surface area contributed by atoms with E-state index in [0.717, 1.165) is 22.7 Å². The van der Waals surface area contributed by atoms with Crippen molar-refractivity contribution in [2.75, 3.05) is 0 Å². The van der Waals surface area contributed by atoms with E-state index in [1.54, 1.807) is 11.3 Å². The van der Waals surface area contributed by atoms with Crippen LogP contribution >= 0.6 is 11.3 Å². The molecule has 3 heteroatoms. The first-order chi connectivity index (χ1) is 9.86. The Morgan fingerprint density at radius 2 is 1.55 bits per heavy atom. The lowest BCUT2D eigenvalue weighted by Crippen LogP contribution is -1.94. The van der Waals surface area contributed by atoms with Crippen LogP contribution in [0.2, 0.25) is 0 Å². The lowest BCUT2D eigenvalue weighted by atomic mass is 10.1. The monoisotopic (exact) mass is 280 g/mol. The molecular weight excluding hydrogens is 264 g/mol. The summed E-state index contributed by atoms with van der Waals surface area (Å²) < 4.78 is 0. The van der Waals surface area contributed by atoms with Gasteiger partial charge in [-0.3, -0.25) is 0 Å². The molecule has 1 aromatic heterocycles. The Morgan fingerprint density at radius 3 is 2.20 bits per heavy atom. The molecule has 3 aromatic rings. The number of hydrogen-bond acceptors (Lipinski definition) is 3. The second kappa shape index (κ2) is 5.99. The van der Waals surface area contributed by atoms with Gasteiger partial charge in [-0.15, -0.1) is 11.3 Å². The number of rotatable bonds is 4. The average molecular weight is 280 g/mol. The molecule has 2 aromatic carbocycles. The summed E-state index contributed by atoms with van der Waals surface area (Å²) in [6, 6.07) is 20.8. The van der Waals surface area contributed by atoms with Gasteiger partial charge < -0.3 is 5.73 Å². The minimum atomic E-state index is 0.499. The maximum Gasteiger partial charge on any atom is 0.107 e. The molecule has 3 rings (SSSR count). The van der Waals surface area contributed by atoms with Gasteiger partial charge in [0.2, 0.25) is 0 Å². The van der Waals surface area contributed by atoms with Gasteiger partial charge >= 0.3 is 0 Å². The predicted molar refractivity (Wildman–Crippen MR) is 84.7 cm³/mol. The maximum atomic E-state index is 5.75. The van der Waals surface area contributed by atoms with E-state index in [1.165, 1.54) is 10.4 Å². The standard InChI is InChI=1S/C17H16N2S/c18-12-16-19-17(14-9-5-2-6-10-14)15(20-16)11-13-7-3-1-4-8-13/h1-10H,11-12,18H2. The van der Waals surface area contributed by atoms with Crippen LogP contribution in [0, 0.1) is 0 Å². The van der Waals surface area contributed by atoms with Gasteiger partial charge in [0.05, 0.1) is 5.69 Å². The van der Waals surface area contributed by atoms with Crippen molar-refractivity contribution in [2.45, 2.75) is 13.0 Å². The van der Waals surface area contributed by atoms with Crippen molar-refractivity contribution in [3.05, 3.63) is 76.1 Å². The number of aromatic nitrogens is 1. The lowest BCUT2D eigenvalue weighted by Gasteiger charge is -2.02. The zero-order valence-electron chi connectivity index (χ0n) is 11.1. The van der Waals surface area contributed by atoms with Crippen LogP contribution in [0.5, 0.6) is 0 Å². The van der Waals surface area contributed by atoms with Crippen LogP contribution in [0.1, 0.15) is 15.4 Å². The van der Waals surface area contributed by atoms with Crippen LogP contribution in [0.3, 0.4) is 0 Å². The average Bonchev–Trinajstić information content (AvgIpc) is 2.92. The van der Waals surface area contributed by atoms with Crippen molar-refractivity contribution in [3.8, 4) is 11.3 Å². The number of thiazole rings is 1. The first-order valence-electron chi connectivity index (χ1n) is 6.65. The summed E-state index contributed by atoms with van der Waals surface area (Å²) in [5.41, 5.74) is 9.28. The van der Waals surface area contributed by atoms with E-state index in [4.69, 9.17) is 5.73 Å². The molecular formula is C17H16N2S. The van der Waals surface area contributed by atoms with Gasteiger partial charge in [0, 0.05) is 23.4 Å². The Bertz CT molecular complexity index is 675. The minimum absolute atomic E-state index is 0.499. The third-order valence-corrected chi connectivity index (χ3v) is 4.25. The highest BCUT2D eigenvalue weighted by Crippen LogP contribution is 2.30. The van der Waals surface area contributed by atoms with Crippen LogP contribution in [-0.4, -0.2) is 4.98 Å². The molecule has 0 bridgehead atoms. The summed E-state index contributed by atoms with van der Waals surface area (Å²) in [4.78, 5) is 5.97. The molecule has 0 aliphatic rings. The molecule has 1 heterocycles. The Balaban J connectivity index is 2.00. The summed E-state index contributed by atoms with van der Waals surface area (Å²) in [6.07, 6.45) is 0.905. The van der Waals surface area contributed by atoms with Crippen molar-refractivity contribution < 1.29 is 0 Å². The van der Waals surface area contributed by atoms with Gasteiger partial charge in [-0.25, -0.2) is 4.98 Å². The van der Waals surface area contributed by atoms with Gasteiger partial charge in [0.1, 0.15) is 5.01 Å². The first-order valence-corrected chi connectivity index (χ1v) is 7.46. The Labute approximate surface area is 122 Å². The van der Waals surface area contributed by atoms with Gasteiger partial charge in [-0.05, 0) is 5.56 Å². The number of nitrogens with zero attached hydrogens (tertiary/aromatic N) is 1. The van der Waals surface area contributed by atoms with Crippen LogP contribution in [-0.2, 0) is 13.0 Å². The van der Waals surface area contributed by atoms with E-state index in [9.17, 15) is 0 Å². The molecule has 0 aliphatic carbocycles. The van der Waals surface area contributed by atoms with E-state index < -0.39 is 0 Å². The number of hydrogen-bond donors (Lipinski definition) is 1. The number of benzene rings is 2. The number of nitrogens with two attached hydrogens (primary N) is 1. The molecule has 0 amide bonds. The van der Waals surface area contributed by atoms with E-state index in [0.29, 0.717) is 6.54 Å². The van der Waals surface area contributed by atoms with Crippen LogP contribution in [0.4, 0.5) is 0 Å². The molecule has 2 N–H and O–H groups in total. The Morgan fingerprint density at radius 1 is 0.900 bits per heavy atom. The minimum Gasteiger partial charge on any atom is -0.325 e. The summed E-state index contributed by atoms with van der Waals surface area (Å²) in [6.45, 7) is 0.499. The van der Waals surface area contributed by atoms with Crippen molar-refractivity contribution >= 4 is 11.3 Å². The van der Waals surface area contributed by atoms with Crippen molar-refractivity contribution in [2.24, 2.45) is 5.73 Å². The first kappa shape index (κ1) is 13.0. The smallest absolute Gasteiger partial charge is 0.107 e. The summed E-state index contributed by atoms with van der Waals surface area (Å²) in [7, 11) is 0. The molecule has 0 saturated carbocycles. The van der Waals surface area contributed by atoms with E-state index in [2.05, 4.69) is 41.4 Å². The van der Waals surface area contributed by atoms with Crippen molar-refractivity contribution in [3.63, 3.8) is 0 Å². The highest BCUT2D eigenvalue weighted by Gasteiger charge is 2.12. The molecule has 0 spiro atoms. The zero-order valence-corrected chi connectivity index (χ0v) is 11.9. The van der Waals surface area contributed by atoms with Crippen LogP contribution < -0.4 is 5.73 Å². The maximum absolute atomic E-state index is 5.75. The van der Waals surface area contributed by atoms with Gasteiger partial charge in [0.15, 0.2) is 0 Å². The highest BCUT2D eigenvalue weighted by molar-refractivity contribution is 7.12. The fourth-order valence-electron chi connectivity index (χ4n) is 2.21. The molecule has 0 atom stereocenters. The van der Waals surface area contributed by atoms with Gasteiger partial charge in [-0.2, -0.15) is 0 Å². The third kappa shape index (κ3) is 2.79. The Kier molecular flexibility index (Phi) is 3.90. The van der Waals surface area contributed by atoms with Gasteiger partial charge in [-0.1, -0.05) is 60.7 Å². The second-order valence-electron chi connectivity index (χ2n) is 4.61. The molecule has 20 heavy (non-hydrogen) atoms. The van der Waals surface area contributed by atoms with Gasteiger partial charge in [0.25, 0.3) is 0 Å². The lowest BCUT2D eigenvalue weighted by molar-refractivity contribution is 1.04. The van der Waals surface area contributed by atoms with Crippen molar-refractivity contribution in [1.29, 1.82) is 0 Å². The zero-order chi connectivity index (χ0) is 13.8. The summed E-state index contributed by atoms with van der Waals surface area (Å²) >= 11 is 1.71. The van der Waals surface area contributed by atoms with Crippen LogP contribution in [0.25, 0.3) is 11.3 Å². The molecule has 100 valence electrons. The molecule has 0 unspecified atom stereocenters. The second-order valence-corrected chi connectivity index (χ2v) is 5.78. The Hall–Kier alpha value is -1.97. The molecule has 2 nitrogen and oxygen atoms in total. The van der Waals surface area contributed by atoms with Crippen molar-refractivity contribution in [1.82, 2.24) is 4.98 Å². The third-order valence-electron chi connectivity index (χ3n) is 3.17. The predicted octanol–water partition coefficient (Wildman–Crippen LogP) is 3.86. The molecule has 0 fully saturated rings. The quantitative estimate of drug-likeness (QED) is 0.788. The van der Waals surface area contributed by atoms with E-state index in [1.807, 2.05) is 24.3 Å². The molecule has 0 aliphatic heterocycles. The fraction of sp³-hybridized carbons (Fsp3) is 0.118.